The maximum absolute atomic E-state index is 13.7. The molecule has 0 saturated heterocycles. The number of aromatic nitrogens is 2. The molecule has 2 aromatic carbocycles. The summed E-state index contributed by atoms with van der Waals surface area (Å²) in [7, 11) is 0. The number of anilines is 2. The number of carbonyl (C=O) groups is 1. The Morgan fingerprint density at radius 3 is 2.60 bits per heavy atom. The zero-order chi connectivity index (χ0) is 20.9. The highest BCUT2D eigenvalue weighted by atomic mass is 19.1. The summed E-state index contributed by atoms with van der Waals surface area (Å²) in [6.07, 6.45) is 4.45. The Morgan fingerprint density at radius 1 is 1.13 bits per heavy atom. The molecule has 0 atom stereocenters. The van der Waals surface area contributed by atoms with Gasteiger partial charge in [-0.25, -0.2) is 9.37 Å². The highest BCUT2D eigenvalue weighted by Crippen LogP contribution is 2.24. The lowest BCUT2D eigenvalue weighted by Crippen LogP contribution is -2.31. The summed E-state index contributed by atoms with van der Waals surface area (Å²) in [5, 5.41) is 2.66. The van der Waals surface area contributed by atoms with E-state index in [1.807, 2.05) is 23.1 Å². The number of amides is 1. The number of halogens is 1. The standard InChI is InChI=1S/C23H22FN5O/c24-20-9-5-4-8-18(20)14-26-22(30)19-15-27-23(28-21(19)25)29-12-10-17(11-13-29)16-6-2-1-3-7-16/h1-10,15H,11-14H2,(H,26,30)(H2,25,27,28). The molecule has 0 spiro atoms. The van der Waals surface area contributed by atoms with Crippen LogP contribution in [0.25, 0.3) is 5.57 Å². The van der Waals surface area contributed by atoms with Crippen molar-refractivity contribution in [2.24, 2.45) is 0 Å². The fourth-order valence-electron chi connectivity index (χ4n) is 3.39. The van der Waals surface area contributed by atoms with Crippen molar-refractivity contribution in [1.29, 1.82) is 0 Å². The zero-order valence-corrected chi connectivity index (χ0v) is 16.4. The highest BCUT2D eigenvalue weighted by Gasteiger charge is 2.18. The number of nitrogens with zero attached hydrogens (tertiary/aromatic N) is 3. The summed E-state index contributed by atoms with van der Waals surface area (Å²) in [4.78, 5) is 23.1. The van der Waals surface area contributed by atoms with Crippen LogP contribution >= 0.6 is 0 Å². The predicted octanol–water partition coefficient (Wildman–Crippen LogP) is 3.42. The highest BCUT2D eigenvalue weighted by molar-refractivity contribution is 5.98. The molecule has 7 heteroatoms. The number of rotatable bonds is 5. The first-order chi connectivity index (χ1) is 14.6. The van der Waals surface area contributed by atoms with E-state index in [0.717, 1.165) is 13.0 Å². The van der Waals surface area contributed by atoms with Gasteiger partial charge in [0.15, 0.2) is 0 Å². The van der Waals surface area contributed by atoms with Crippen molar-refractivity contribution in [3.63, 3.8) is 0 Å². The molecule has 0 unspecified atom stereocenters. The van der Waals surface area contributed by atoms with Gasteiger partial charge < -0.3 is 16.0 Å². The van der Waals surface area contributed by atoms with Gasteiger partial charge in [-0.1, -0.05) is 54.6 Å². The first kappa shape index (κ1) is 19.6. The van der Waals surface area contributed by atoms with Crippen LogP contribution in [-0.4, -0.2) is 29.0 Å². The average Bonchev–Trinajstić information content (AvgIpc) is 2.79. The molecule has 1 aromatic heterocycles. The monoisotopic (exact) mass is 403 g/mol. The minimum Gasteiger partial charge on any atom is -0.383 e. The summed E-state index contributed by atoms with van der Waals surface area (Å²) in [5.74, 6) is -0.219. The van der Waals surface area contributed by atoms with Gasteiger partial charge in [0.1, 0.15) is 11.6 Å². The van der Waals surface area contributed by atoms with Crippen LogP contribution < -0.4 is 16.0 Å². The number of carbonyl (C=O) groups excluding carboxylic acids is 1. The van der Waals surface area contributed by atoms with Crippen molar-refractivity contribution in [3.8, 4) is 0 Å². The molecule has 1 aliphatic heterocycles. The van der Waals surface area contributed by atoms with Crippen molar-refractivity contribution in [2.75, 3.05) is 23.7 Å². The smallest absolute Gasteiger partial charge is 0.256 e. The van der Waals surface area contributed by atoms with Crippen LogP contribution in [0.1, 0.15) is 27.9 Å². The Kier molecular flexibility index (Phi) is 5.70. The number of nitrogen functional groups attached to an aromatic ring is 1. The van der Waals surface area contributed by atoms with Crippen molar-refractivity contribution < 1.29 is 9.18 Å². The summed E-state index contributed by atoms with van der Waals surface area (Å²) < 4.78 is 13.7. The van der Waals surface area contributed by atoms with Crippen LogP contribution in [0.4, 0.5) is 16.2 Å². The molecular formula is C23H22FN5O. The first-order valence-corrected chi connectivity index (χ1v) is 9.75. The normalized spacial score (nSPS) is 13.6. The van der Waals surface area contributed by atoms with Crippen LogP contribution in [0.5, 0.6) is 0 Å². The second-order valence-electron chi connectivity index (χ2n) is 7.03. The van der Waals surface area contributed by atoms with Crippen LogP contribution in [0.2, 0.25) is 0 Å². The van der Waals surface area contributed by atoms with E-state index < -0.39 is 5.91 Å². The Morgan fingerprint density at radius 2 is 1.90 bits per heavy atom. The minimum absolute atomic E-state index is 0.0614. The van der Waals surface area contributed by atoms with Gasteiger partial charge in [0.25, 0.3) is 5.91 Å². The molecule has 152 valence electrons. The van der Waals surface area contributed by atoms with Crippen molar-refractivity contribution in [1.82, 2.24) is 15.3 Å². The lowest BCUT2D eigenvalue weighted by Gasteiger charge is -2.27. The lowest BCUT2D eigenvalue weighted by atomic mass is 10.00. The molecule has 3 N–H and O–H groups in total. The van der Waals surface area contributed by atoms with Crippen molar-refractivity contribution >= 4 is 23.2 Å². The zero-order valence-electron chi connectivity index (χ0n) is 16.4. The number of hydrogen-bond acceptors (Lipinski definition) is 5. The largest absolute Gasteiger partial charge is 0.383 e. The van der Waals surface area contributed by atoms with E-state index in [-0.39, 0.29) is 23.7 Å². The SMILES string of the molecule is Nc1nc(N2CC=C(c3ccccc3)CC2)ncc1C(=O)NCc1ccccc1F. The fraction of sp³-hybridized carbons (Fsp3) is 0.174. The van der Waals surface area contributed by atoms with Gasteiger partial charge in [0.2, 0.25) is 5.95 Å². The van der Waals surface area contributed by atoms with E-state index in [1.165, 1.54) is 23.4 Å². The number of nitrogens with two attached hydrogens (primary N) is 1. The van der Waals surface area contributed by atoms with Gasteiger partial charge in [0, 0.05) is 31.4 Å². The Bertz CT molecular complexity index is 1080. The van der Waals surface area contributed by atoms with E-state index in [4.69, 9.17) is 5.73 Å². The molecule has 4 rings (SSSR count). The third-order valence-corrected chi connectivity index (χ3v) is 5.08. The fourth-order valence-corrected chi connectivity index (χ4v) is 3.39. The van der Waals surface area contributed by atoms with Crippen LogP contribution in [-0.2, 0) is 6.54 Å². The molecule has 30 heavy (non-hydrogen) atoms. The number of hydrogen-bond donors (Lipinski definition) is 2. The maximum Gasteiger partial charge on any atom is 0.256 e. The third-order valence-electron chi connectivity index (χ3n) is 5.08. The Labute approximate surface area is 174 Å². The van der Waals surface area contributed by atoms with E-state index in [9.17, 15) is 9.18 Å². The molecule has 3 aromatic rings. The quantitative estimate of drug-likeness (QED) is 0.682. The second-order valence-corrected chi connectivity index (χ2v) is 7.03. The van der Waals surface area contributed by atoms with Crippen LogP contribution in [0.15, 0.2) is 66.9 Å². The third kappa shape index (κ3) is 4.30. The predicted molar refractivity (Wildman–Crippen MR) is 115 cm³/mol. The van der Waals surface area contributed by atoms with E-state index >= 15 is 0 Å². The summed E-state index contributed by atoms with van der Waals surface area (Å²) >= 11 is 0. The maximum atomic E-state index is 13.7. The summed E-state index contributed by atoms with van der Waals surface area (Å²) in [5.41, 5.74) is 9.11. The Balaban J connectivity index is 1.41. The summed E-state index contributed by atoms with van der Waals surface area (Å²) in [6.45, 7) is 1.49. The van der Waals surface area contributed by atoms with E-state index in [2.05, 4.69) is 33.5 Å². The van der Waals surface area contributed by atoms with Gasteiger partial charge in [0.05, 0.1) is 5.56 Å². The molecule has 0 saturated carbocycles. The van der Waals surface area contributed by atoms with Gasteiger partial charge in [-0.15, -0.1) is 0 Å². The molecule has 0 bridgehead atoms. The number of nitrogens with one attached hydrogen (secondary N) is 1. The van der Waals surface area contributed by atoms with Crippen LogP contribution in [0.3, 0.4) is 0 Å². The molecule has 6 nitrogen and oxygen atoms in total. The van der Waals surface area contributed by atoms with Crippen molar-refractivity contribution in [2.45, 2.75) is 13.0 Å². The topological polar surface area (TPSA) is 84.1 Å². The molecule has 0 fully saturated rings. The molecule has 0 radical (unpaired) electrons. The van der Waals surface area contributed by atoms with E-state index in [1.54, 1.807) is 18.2 Å². The van der Waals surface area contributed by atoms with Crippen LogP contribution in [0, 0.1) is 5.82 Å². The summed E-state index contributed by atoms with van der Waals surface area (Å²) in [6, 6.07) is 16.6. The first-order valence-electron chi connectivity index (χ1n) is 9.75. The molecular weight excluding hydrogens is 381 g/mol. The van der Waals surface area contributed by atoms with Gasteiger partial charge in [-0.05, 0) is 23.6 Å². The average molecular weight is 403 g/mol. The second kappa shape index (κ2) is 8.73. The molecule has 1 aliphatic rings. The minimum atomic E-state index is -0.438. The Hall–Kier alpha value is -3.74. The lowest BCUT2D eigenvalue weighted by molar-refractivity contribution is 0.0951. The molecule has 0 aliphatic carbocycles. The van der Waals surface area contributed by atoms with Gasteiger partial charge in [-0.3, -0.25) is 4.79 Å². The molecule has 1 amide bonds. The van der Waals surface area contributed by atoms with E-state index in [0.29, 0.717) is 18.1 Å². The van der Waals surface area contributed by atoms with Gasteiger partial charge >= 0.3 is 0 Å². The molecule has 2 heterocycles. The number of benzene rings is 2. The van der Waals surface area contributed by atoms with Crippen molar-refractivity contribution in [3.05, 3.63) is 89.4 Å². The van der Waals surface area contributed by atoms with Gasteiger partial charge in [-0.2, -0.15) is 4.98 Å².